The first-order chi connectivity index (χ1) is 8.44. The number of hydrogen-bond acceptors (Lipinski definition) is 4. The van der Waals surface area contributed by atoms with Crippen LogP contribution in [0.25, 0.3) is 0 Å². The molecule has 0 aromatic heterocycles. The summed E-state index contributed by atoms with van der Waals surface area (Å²) in [5.74, 6) is -0.900. The van der Waals surface area contributed by atoms with Gasteiger partial charge < -0.3 is 4.90 Å². The molecule has 0 spiro atoms. The highest BCUT2D eigenvalue weighted by atomic mass is 16.2. The standard InChI is InChI=1S/C12H19N3O3/c1-14(2)12(5-3-4-6-12)8-15-10(17)7-9(16)13-11(15)18/h3-8H2,1-2H3,(H,13,16,18). The molecular weight excluding hydrogens is 234 g/mol. The highest BCUT2D eigenvalue weighted by Gasteiger charge is 2.42. The zero-order valence-corrected chi connectivity index (χ0v) is 10.9. The van der Waals surface area contributed by atoms with Crippen LogP contribution in [0.15, 0.2) is 0 Å². The topological polar surface area (TPSA) is 69.7 Å². The van der Waals surface area contributed by atoms with Crippen molar-refractivity contribution in [3.63, 3.8) is 0 Å². The number of likely N-dealkylation sites (N-methyl/N-ethyl adjacent to an activating group) is 1. The van der Waals surface area contributed by atoms with Gasteiger partial charge in [-0.1, -0.05) is 12.8 Å². The molecule has 100 valence electrons. The Kier molecular flexibility index (Phi) is 3.38. The lowest BCUT2D eigenvalue weighted by molar-refractivity contribution is -0.137. The van der Waals surface area contributed by atoms with Gasteiger partial charge in [0.2, 0.25) is 11.8 Å². The van der Waals surface area contributed by atoms with Gasteiger partial charge in [0.15, 0.2) is 0 Å². The minimum Gasteiger partial charge on any atom is -0.302 e. The molecule has 6 heteroatoms. The smallest absolute Gasteiger partial charge is 0.302 e. The summed E-state index contributed by atoms with van der Waals surface area (Å²) in [6.45, 7) is 0.373. The predicted octanol–water partition coefficient (Wildman–Crippen LogP) is 0.329. The summed E-state index contributed by atoms with van der Waals surface area (Å²) in [7, 11) is 3.95. The molecule has 1 heterocycles. The van der Waals surface area contributed by atoms with Crippen molar-refractivity contribution in [1.82, 2.24) is 15.1 Å². The molecule has 0 atom stereocenters. The van der Waals surface area contributed by atoms with Crippen molar-refractivity contribution in [3.05, 3.63) is 0 Å². The molecule has 6 nitrogen and oxygen atoms in total. The van der Waals surface area contributed by atoms with E-state index in [0.717, 1.165) is 25.7 Å². The van der Waals surface area contributed by atoms with Gasteiger partial charge in [0, 0.05) is 12.1 Å². The first kappa shape index (κ1) is 13.0. The van der Waals surface area contributed by atoms with E-state index >= 15 is 0 Å². The van der Waals surface area contributed by atoms with Crippen molar-refractivity contribution in [3.8, 4) is 0 Å². The van der Waals surface area contributed by atoms with Crippen molar-refractivity contribution < 1.29 is 14.4 Å². The van der Waals surface area contributed by atoms with Crippen LogP contribution >= 0.6 is 0 Å². The van der Waals surface area contributed by atoms with Gasteiger partial charge in [-0.05, 0) is 26.9 Å². The first-order valence-corrected chi connectivity index (χ1v) is 6.26. The van der Waals surface area contributed by atoms with Crippen LogP contribution in [0.5, 0.6) is 0 Å². The number of hydrogen-bond donors (Lipinski definition) is 1. The fourth-order valence-corrected chi connectivity index (χ4v) is 2.81. The average Bonchev–Trinajstić information content (AvgIpc) is 2.73. The maximum atomic E-state index is 11.8. The monoisotopic (exact) mass is 253 g/mol. The first-order valence-electron chi connectivity index (χ1n) is 6.26. The second-order valence-corrected chi connectivity index (χ2v) is 5.34. The van der Waals surface area contributed by atoms with Crippen LogP contribution in [-0.4, -0.2) is 53.8 Å². The lowest BCUT2D eigenvalue weighted by Crippen LogP contribution is -2.59. The maximum Gasteiger partial charge on any atom is 0.330 e. The van der Waals surface area contributed by atoms with Crippen LogP contribution in [0.1, 0.15) is 32.1 Å². The summed E-state index contributed by atoms with van der Waals surface area (Å²) >= 11 is 0. The molecule has 18 heavy (non-hydrogen) atoms. The van der Waals surface area contributed by atoms with E-state index in [0.29, 0.717) is 6.54 Å². The van der Waals surface area contributed by atoms with Gasteiger partial charge in [-0.2, -0.15) is 0 Å². The SMILES string of the molecule is CN(C)C1(CN2C(=O)CC(=O)NC2=O)CCCC1. The molecular formula is C12H19N3O3. The highest BCUT2D eigenvalue weighted by Crippen LogP contribution is 2.34. The van der Waals surface area contributed by atoms with E-state index in [2.05, 4.69) is 10.2 Å². The van der Waals surface area contributed by atoms with E-state index in [1.165, 1.54) is 4.90 Å². The number of nitrogens with one attached hydrogen (secondary N) is 1. The van der Waals surface area contributed by atoms with E-state index in [1.54, 1.807) is 0 Å². The van der Waals surface area contributed by atoms with E-state index in [-0.39, 0.29) is 12.0 Å². The number of barbiturate groups is 1. The number of amides is 4. The molecule has 2 aliphatic rings. The van der Waals surface area contributed by atoms with E-state index in [4.69, 9.17) is 0 Å². The van der Waals surface area contributed by atoms with Gasteiger partial charge >= 0.3 is 6.03 Å². The van der Waals surface area contributed by atoms with Crippen LogP contribution < -0.4 is 5.32 Å². The van der Waals surface area contributed by atoms with E-state index in [1.807, 2.05) is 14.1 Å². The minimum atomic E-state index is -0.579. The second-order valence-electron chi connectivity index (χ2n) is 5.34. The highest BCUT2D eigenvalue weighted by molar-refractivity contribution is 6.14. The number of urea groups is 1. The Labute approximate surface area is 106 Å². The number of imide groups is 2. The van der Waals surface area contributed by atoms with Gasteiger partial charge in [-0.15, -0.1) is 0 Å². The predicted molar refractivity (Wildman–Crippen MR) is 64.8 cm³/mol. The van der Waals surface area contributed by atoms with Gasteiger partial charge in [0.25, 0.3) is 0 Å². The van der Waals surface area contributed by atoms with Crippen LogP contribution in [-0.2, 0) is 9.59 Å². The van der Waals surface area contributed by atoms with Crippen LogP contribution in [0, 0.1) is 0 Å². The van der Waals surface area contributed by atoms with Gasteiger partial charge in [-0.3, -0.25) is 19.8 Å². The van der Waals surface area contributed by atoms with Gasteiger partial charge in [0.1, 0.15) is 6.42 Å². The van der Waals surface area contributed by atoms with E-state index < -0.39 is 17.8 Å². The quantitative estimate of drug-likeness (QED) is 0.736. The van der Waals surface area contributed by atoms with Crippen molar-refractivity contribution >= 4 is 17.8 Å². The largest absolute Gasteiger partial charge is 0.330 e. The molecule has 0 aromatic rings. The van der Waals surface area contributed by atoms with Crippen molar-refractivity contribution in [2.75, 3.05) is 20.6 Å². The summed E-state index contributed by atoms with van der Waals surface area (Å²) in [5.41, 5.74) is -0.132. The molecule has 1 N–H and O–H groups in total. The Balaban J connectivity index is 2.14. The molecule has 1 saturated heterocycles. The van der Waals surface area contributed by atoms with Gasteiger partial charge in [-0.25, -0.2) is 4.79 Å². The molecule has 0 bridgehead atoms. The Morgan fingerprint density at radius 3 is 2.33 bits per heavy atom. The molecule has 4 amide bonds. The molecule has 2 rings (SSSR count). The number of carbonyl (C=O) groups excluding carboxylic acids is 3. The van der Waals surface area contributed by atoms with Crippen LogP contribution in [0.4, 0.5) is 4.79 Å². The summed E-state index contributed by atoms with van der Waals surface area (Å²) < 4.78 is 0. The van der Waals surface area contributed by atoms with Gasteiger partial charge in [0.05, 0.1) is 0 Å². The fourth-order valence-electron chi connectivity index (χ4n) is 2.81. The summed E-state index contributed by atoms with van der Waals surface area (Å²) in [6, 6.07) is -0.579. The lowest BCUT2D eigenvalue weighted by Gasteiger charge is -2.40. The molecule has 0 radical (unpaired) electrons. The van der Waals surface area contributed by atoms with E-state index in [9.17, 15) is 14.4 Å². The Hall–Kier alpha value is -1.43. The zero-order valence-electron chi connectivity index (χ0n) is 10.9. The summed E-state index contributed by atoms with van der Waals surface area (Å²) in [4.78, 5) is 37.9. The zero-order chi connectivity index (χ0) is 13.3. The van der Waals surface area contributed by atoms with Crippen molar-refractivity contribution in [2.45, 2.75) is 37.6 Å². The van der Waals surface area contributed by atoms with Crippen LogP contribution in [0.2, 0.25) is 0 Å². The number of nitrogens with zero attached hydrogens (tertiary/aromatic N) is 2. The molecule has 1 aliphatic carbocycles. The lowest BCUT2D eigenvalue weighted by atomic mass is 9.95. The average molecular weight is 253 g/mol. The Bertz CT molecular complexity index is 366. The fraction of sp³-hybridized carbons (Fsp3) is 0.750. The number of carbonyl (C=O) groups is 3. The van der Waals surface area contributed by atoms with Crippen LogP contribution in [0.3, 0.4) is 0 Å². The third kappa shape index (κ3) is 2.25. The molecule has 0 unspecified atom stereocenters. The summed E-state index contributed by atoms with van der Waals surface area (Å²) in [5, 5.41) is 2.20. The molecule has 0 aromatic carbocycles. The van der Waals surface area contributed by atoms with Crippen molar-refractivity contribution in [1.29, 1.82) is 0 Å². The third-order valence-corrected chi connectivity index (χ3v) is 4.04. The maximum absolute atomic E-state index is 11.8. The second kappa shape index (κ2) is 4.68. The molecule has 1 saturated carbocycles. The van der Waals surface area contributed by atoms with Crippen molar-refractivity contribution in [2.24, 2.45) is 0 Å². The Morgan fingerprint density at radius 1 is 1.22 bits per heavy atom. The number of rotatable bonds is 3. The normalized spacial score (nSPS) is 23.7. The summed E-state index contributed by atoms with van der Waals surface area (Å²) in [6.07, 6.45) is 3.95. The molecule has 1 aliphatic heterocycles. The third-order valence-electron chi connectivity index (χ3n) is 4.04. The molecule has 2 fully saturated rings. The minimum absolute atomic E-state index is 0.132. The Morgan fingerprint density at radius 2 is 1.83 bits per heavy atom.